The lowest BCUT2D eigenvalue weighted by Gasteiger charge is -2.35. The van der Waals surface area contributed by atoms with E-state index in [0.29, 0.717) is 67.4 Å². The third-order valence-electron chi connectivity index (χ3n) is 20.1. The number of rotatable bonds is 40. The zero-order chi connectivity index (χ0) is 80.5. The first kappa shape index (κ1) is 86.8. The number of likely N-dealkylation sites (tertiary alicyclic amines) is 4. The average Bonchev–Trinajstić information content (AvgIpc) is 1.63. The molecule has 12 amide bonds. The van der Waals surface area contributed by atoms with E-state index in [1.54, 1.807) is 84.9 Å². The molecule has 31 nitrogen and oxygen atoms in total. The molecule has 8 rings (SSSR count). The van der Waals surface area contributed by atoms with Crippen molar-refractivity contribution in [1.82, 2.24) is 62.1 Å². The van der Waals surface area contributed by atoms with Gasteiger partial charge in [0, 0.05) is 52.1 Å². The summed E-state index contributed by atoms with van der Waals surface area (Å²) in [5.74, 6) is -6.53. The quantitative estimate of drug-likeness (QED) is 0.0100. The molecule has 4 aliphatic heterocycles. The monoisotopic (exact) mass is 1570 g/mol. The van der Waals surface area contributed by atoms with Crippen molar-refractivity contribution in [3.8, 4) is 0 Å². The molecule has 12 N–H and O–H groups in total. The first-order chi connectivity index (χ1) is 54.0. The van der Waals surface area contributed by atoms with E-state index in [1.807, 2.05) is 56.5 Å². The Labute approximate surface area is 658 Å². The number of carbonyl (C=O) groups excluding carboxylic acids is 13. The molecule has 4 aromatic carbocycles. The van der Waals surface area contributed by atoms with Gasteiger partial charge in [0.2, 0.25) is 59.1 Å². The highest BCUT2D eigenvalue weighted by Gasteiger charge is 2.48. The number of guanidine groups is 1. The van der Waals surface area contributed by atoms with E-state index in [1.165, 1.54) is 38.5 Å². The molecule has 4 saturated heterocycles. The van der Waals surface area contributed by atoms with Gasteiger partial charge in [0.25, 0.3) is 0 Å². The summed E-state index contributed by atoms with van der Waals surface area (Å²) >= 11 is 1.48. The molecule has 4 aliphatic rings. The van der Waals surface area contributed by atoms with Crippen LogP contribution in [0, 0.1) is 5.92 Å². The Balaban J connectivity index is 0.946. The van der Waals surface area contributed by atoms with Gasteiger partial charge in [-0.05, 0) is 136 Å². The van der Waals surface area contributed by atoms with Gasteiger partial charge in [-0.2, -0.15) is 11.8 Å². The maximum absolute atomic E-state index is 15.3. The Morgan fingerprint density at radius 2 is 0.911 bits per heavy atom. The summed E-state index contributed by atoms with van der Waals surface area (Å²) in [6.07, 6.45) is 4.38. The second-order valence-electron chi connectivity index (χ2n) is 28.8. The first-order valence-corrected chi connectivity index (χ1v) is 40.0. The summed E-state index contributed by atoms with van der Waals surface area (Å²) in [4.78, 5) is 195. The maximum Gasteiger partial charge on any atom is 0.408 e. The van der Waals surface area contributed by atoms with Crippen molar-refractivity contribution >= 4 is 94.9 Å². The summed E-state index contributed by atoms with van der Waals surface area (Å²) in [5, 5.41) is 22.1. The molecule has 4 aromatic rings. The van der Waals surface area contributed by atoms with Gasteiger partial charge >= 0.3 is 18.2 Å². The largest absolute Gasteiger partial charge is 0.467 e. The molecule has 4 fully saturated rings. The minimum Gasteiger partial charge on any atom is -0.467 e. The molecule has 0 aromatic heterocycles. The van der Waals surface area contributed by atoms with Crippen LogP contribution in [-0.4, -0.2) is 228 Å². The zero-order valence-electron chi connectivity index (χ0n) is 64.3. The Hall–Kier alpha value is -10.8. The Kier molecular flexibility index (Phi) is 34.8. The van der Waals surface area contributed by atoms with Crippen molar-refractivity contribution in [3.05, 3.63) is 144 Å². The van der Waals surface area contributed by atoms with E-state index in [9.17, 15) is 47.9 Å². The van der Waals surface area contributed by atoms with Crippen LogP contribution in [0.2, 0.25) is 0 Å². The van der Waals surface area contributed by atoms with Gasteiger partial charge in [-0.15, -0.1) is 0 Å². The lowest BCUT2D eigenvalue weighted by Crippen LogP contribution is -2.60. The number of nitrogens with two attached hydrogens (primary N) is 2. The van der Waals surface area contributed by atoms with Crippen LogP contribution >= 0.6 is 11.8 Å². The van der Waals surface area contributed by atoms with Crippen LogP contribution in [0.15, 0.2) is 126 Å². The molecule has 0 spiro atoms. The fraction of sp³-hybridized carbons (Fsp3) is 0.525. The SMILES string of the molecule is COC(=O)[C@@H](CCSC)NC(=O)[C@H](CC(C)C)NC(=O)CNC(=O)[C@H](Cc1ccccc1)NC(=O)[C@H](Cc1ccccc1)NC(=O)[C@@H]1CCCN1C(=O)[C@H]1CCCN1C(=O)[C@@H]1CCCN1C(=O)[C@H](CCCCNC(=O)OCc1ccccc1)NC(=O)[C@@H]1CCCN1C(=O)[C@H](CCCN=C(N)N)NC(=O)OCc1ccccc1. The zero-order valence-corrected chi connectivity index (χ0v) is 65.1. The summed E-state index contributed by atoms with van der Waals surface area (Å²) in [6.45, 7) is 3.99. The molecule has 112 heavy (non-hydrogen) atoms. The molecular formula is C80H109N15O16S. The lowest BCUT2D eigenvalue weighted by molar-refractivity contribution is -0.151. The van der Waals surface area contributed by atoms with Crippen LogP contribution in [0.4, 0.5) is 9.59 Å². The molecular weight excluding hydrogens is 1460 g/mol. The van der Waals surface area contributed by atoms with Crippen molar-refractivity contribution in [3.63, 3.8) is 0 Å². The summed E-state index contributed by atoms with van der Waals surface area (Å²) in [5.41, 5.74) is 14.0. The van der Waals surface area contributed by atoms with Crippen molar-refractivity contribution in [2.45, 2.75) is 197 Å². The van der Waals surface area contributed by atoms with Gasteiger partial charge in [-0.3, -0.25) is 52.9 Å². The Morgan fingerprint density at radius 1 is 0.473 bits per heavy atom. The van der Waals surface area contributed by atoms with E-state index >= 15 is 14.4 Å². The number of unbranched alkanes of at least 4 members (excludes halogenated alkanes) is 1. The van der Waals surface area contributed by atoms with Crippen molar-refractivity contribution < 1.29 is 76.5 Å². The van der Waals surface area contributed by atoms with Gasteiger partial charge in [-0.25, -0.2) is 14.4 Å². The number of amides is 12. The summed E-state index contributed by atoms with van der Waals surface area (Å²) in [6, 6.07) is 24.5. The number of benzene rings is 4. The maximum atomic E-state index is 15.3. The number of thioether (sulfide) groups is 1. The highest BCUT2D eigenvalue weighted by atomic mass is 32.2. The molecule has 606 valence electrons. The third-order valence-corrected chi connectivity index (χ3v) is 20.8. The molecule has 0 unspecified atom stereocenters. The molecule has 0 saturated carbocycles. The summed E-state index contributed by atoms with van der Waals surface area (Å²) in [7, 11) is 1.22. The molecule has 0 radical (unpaired) electrons. The fourth-order valence-corrected chi connectivity index (χ4v) is 14.9. The number of ether oxygens (including phenoxy) is 3. The highest BCUT2D eigenvalue weighted by molar-refractivity contribution is 7.98. The number of hydrogen-bond donors (Lipinski definition) is 10. The number of aliphatic imine (C=N–C) groups is 1. The Morgan fingerprint density at radius 3 is 1.44 bits per heavy atom. The second kappa shape index (κ2) is 44.9. The molecule has 10 atom stereocenters. The van der Waals surface area contributed by atoms with E-state index in [-0.39, 0.29) is 129 Å². The molecule has 0 bridgehead atoms. The number of nitrogens with zero attached hydrogens (tertiary/aromatic N) is 5. The number of hydrogen-bond acceptors (Lipinski definition) is 18. The average molecular weight is 1570 g/mol. The van der Waals surface area contributed by atoms with Crippen molar-refractivity contribution in [2.75, 3.05) is 64.9 Å². The third kappa shape index (κ3) is 26.7. The fourth-order valence-electron chi connectivity index (χ4n) is 14.4. The highest BCUT2D eigenvalue weighted by Crippen LogP contribution is 2.30. The van der Waals surface area contributed by atoms with E-state index in [2.05, 4.69) is 47.5 Å². The normalized spacial score (nSPS) is 18.1. The van der Waals surface area contributed by atoms with Crippen LogP contribution in [0.25, 0.3) is 0 Å². The number of esters is 1. The van der Waals surface area contributed by atoms with Gasteiger partial charge in [0.05, 0.1) is 13.7 Å². The van der Waals surface area contributed by atoms with Crippen LogP contribution in [0.3, 0.4) is 0 Å². The van der Waals surface area contributed by atoms with Crippen LogP contribution < -0.4 is 54.0 Å². The predicted molar refractivity (Wildman–Crippen MR) is 418 cm³/mol. The van der Waals surface area contributed by atoms with E-state index in [4.69, 9.17) is 25.7 Å². The van der Waals surface area contributed by atoms with Crippen LogP contribution in [-0.2, 0) is 93.0 Å². The van der Waals surface area contributed by atoms with Gasteiger partial charge in [0.15, 0.2) is 5.96 Å². The van der Waals surface area contributed by atoms with E-state index < -0.39 is 144 Å². The number of alkyl carbamates (subject to hydrolysis) is 2. The Bertz CT molecular complexity index is 3840. The van der Waals surface area contributed by atoms with Gasteiger partial charge in [-0.1, -0.05) is 135 Å². The number of methoxy groups -OCH3 is 1. The first-order valence-electron chi connectivity index (χ1n) is 38.6. The van der Waals surface area contributed by atoms with Gasteiger partial charge < -0.3 is 87.8 Å². The minimum absolute atomic E-state index is 0.0397. The van der Waals surface area contributed by atoms with Crippen LogP contribution in [0.5, 0.6) is 0 Å². The van der Waals surface area contributed by atoms with Crippen LogP contribution in [0.1, 0.15) is 132 Å². The number of carbonyl (C=O) groups is 13. The predicted octanol–water partition coefficient (Wildman–Crippen LogP) is 3.39. The van der Waals surface area contributed by atoms with Gasteiger partial charge in [0.1, 0.15) is 73.6 Å². The number of nitrogens with one attached hydrogen (secondary N) is 8. The van der Waals surface area contributed by atoms with E-state index in [0.717, 1.165) is 5.56 Å². The standard InChI is InChI=1S/C80H109N15O16S/c1-52(2)46-60(69(98)88-59(38-45-112-4)77(106)109-3)86-67(96)49-85-68(97)61(47-53-24-9-5-10-25-53)89-70(99)62(48-54-26-11-6-12-27-54)90-72(101)64-35-21-42-93(64)75(104)66-37-23-44-95(66)76(105)65-36-22-43-94(65)73(102)57(32-17-18-39-84-79(107)110-50-55-28-13-7-14-29-55)87-71(100)63-34-20-41-92(63)74(103)58(33-19-40-83-78(81)82)91-80(108)111-51-56-30-15-8-16-31-56/h5-16,24-31,52,57-66H,17-23,32-51H2,1-4H3,(H,84,107)(H,85,97)(H,86,96)(H,87,100)(H,88,98)(H,89,99)(H,90,101)(H,91,108)(H4,81,82,83)/t57-,58-,59+,60-,61-,62-,63-,64-,65-,66+/m0/s1. The minimum atomic E-state index is -1.31. The van der Waals surface area contributed by atoms with Crippen molar-refractivity contribution in [1.29, 1.82) is 0 Å². The second-order valence-corrected chi connectivity index (χ2v) is 29.8. The van der Waals surface area contributed by atoms with Crippen molar-refractivity contribution in [2.24, 2.45) is 22.4 Å². The summed E-state index contributed by atoms with van der Waals surface area (Å²) < 4.78 is 15.8. The smallest absolute Gasteiger partial charge is 0.408 e. The molecule has 4 heterocycles. The topological polar surface area (TPSA) is 423 Å². The molecule has 0 aliphatic carbocycles. The lowest BCUT2D eigenvalue weighted by atomic mass is 10.0. The molecule has 32 heteroatoms.